The fourth-order valence-corrected chi connectivity index (χ4v) is 2.75. The van der Waals surface area contributed by atoms with Crippen LogP contribution in [0.3, 0.4) is 0 Å². The Bertz CT molecular complexity index is 551. The summed E-state index contributed by atoms with van der Waals surface area (Å²) in [6, 6.07) is 18.6. The van der Waals surface area contributed by atoms with Crippen molar-refractivity contribution in [1.29, 1.82) is 0 Å². The maximum absolute atomic E-state index is 11.8. The van der Waals surface area contributed by atoms with Crippen molar-refractivity contribution in [3.8, 4) is 0 Å². The van der Waals surface area contributed by atoms with Crippen LogP contribution in [0.1, 0.15) is 17.5 Å². The van der Waals surface area contributed by atoms with E-state index in [4.69, 9.17) is 0 Å². The second kappa shape index (κ2) is 8.53. The monoisotopic (exact) mass is 299 g/mol. The molecule has 0 aliphatic heterocycles. The molecule has 2 aromatic carbocycles. The minimum absolute atomic E-state index is 0.128. The Morgan fingerprint density at radius 3 is 2.48 bits per heavy atom. The number of aryl methyl sites for hydroxylation is 2. The third-order valence-electron chi connectivity index (χ3n) is 3.20. The van der Waals surface area contributed by atoms with Gasteiger partial charge in [-0.15, -0.1) is 11.8 Å². The molecule has 2 nitrogen and oxygen atoms in total. The number of hydrogen-bond donors (Lipinski definition) is 1. The highest BCUT2D eigenvalue weighted by Crippen LogP contribution is 2.17. The largest absolute Gasteiger partial charge is 0.355 e. The first-order valence-corrected chi connectivity index (χ1v) is 8.23. The molecule has 0 saturated heterocycles. The molecule has 0 radical (unpaired) electrons. The van der Waals surface area contributed by atoms with E-state index in [1.54, 1.807) is 11.8 Å². The second-order valence-electron chi connectivity index (χ2n) is 5.00. The maximum Gasteiger partial charge on any atom is 0.220 e. The van der Waals surface area contributed by atoms with Gasteiger partial charge in [0, 0.05) is 23.6 Å². The lowest BCUT2D eigenvalue weighted by atomic mass is 10.1. The quantitative estimate of drug-likeness (QED) is 0.622. The average Bonchev–Trinajstić information content (AvgIpc) is 2.52. The van der Waals surface area contributed by atoms with Crippen LogP contribution in [0.4, 0.5) is 0 Å². The molecule has 0 aliphatic rings. The van der Waals surface area contributed by atoms with Crippen LogP contribution in [0.5, 0.6) is 0 Å². The van der Waals surface area contributed by atoms with Crippen LogP contribution in [0.15, 0.2) is 59.5 Å². The van der Waals surface area contributed by atoms with E-state index >= 15 is 0 Å². The summed E-state index contributed by atoms with van der Waals surface area (Å²) in [7, 11) is 0. The lowest BCUT2D eigenvalue weighted by Gasteiger charge is -2.06. The third kappa shape index (κ3) is 6.05. The van der Waals surface area contributed by atoms with Crippen molar-refractivity contribution in [2.24, 2.45) is 0 Å². The molecule has 0 atom stereocenters. The van der Waals surface area contributed by atoms with Gasteiger partial charge in [-0.2, -0.15) is 0 Å². The molecular weight excluding hydrogens is 278 g/mol. The van der Waals surface area contributed by atoms with Crippen molar-refractivity contribution in [1.82, 2.24) is 5.32 Å². The van der Waals surface area contributed by atoms with E-state index in [-0.39, 0.29) is 5.91 Å². The Labute approximate surface area is 131 Å². The lowest BCUT2D eigenvalue weighted by molar-refractivity contribution is -0.120. The Kier molecular flexibility index (Phi) is 6.35. The van der Waals surface area contributed by atoms with E-state index in [1.165, 1.54) is 16.0 Å². The standard InChI is InChI=1S/C18H21NOS/c1-15-7-10-17(11-8-15)21-14-13-19-18(20)12-9-16-5-3-2-4-6-16/h2-8,10-11H,9,12-14H2,1H3,(H,19,20). The van der Waals surface area contributed by atoms with Crippen molar-refractivity contribution in [2.45, 2.75) is 24.7 Å². The molecule has 0 heterocycles. The van der Waals surface area contributed by atoms with Crippen LogP contribution in [0, 0.1) is 6.92 Å². The van der Waals surface area contributed by atoms with Gasteiger partial charge in [0.15, 0.2) is 0 Å². The first-order chi connectivity index (χ1) is 10.2. The topological polar surface area (TPSA) is 29.1 Å². The molecule has 1 N–H and O–H groups in total. The predicted molar refractivity (Wildman–Crippen MR) is 89.7 cm³/mol. The molecule has 21 heavy (non-hydrogen) atoms. The molecule has 0 saturated carbocycles. The predicted octanol–water partition coefficient (Wildman–Crippen LogP) is 3.84. The molecule has 2 rings (SSSR count). The lowest BCUT2D eigenvalue weighted by Crippen LogP contribution is -2.25. The number of amides is 1. The van der Waals surface area contributed by atoms with Crippen molar-refractivity contribution >= 4 is 17.7 Å². The van der Waals surface area contributed by atoms with Gasteiger partial charge in [0.25, 0.3) is 0 Å². The fourth-order valence-electron chi connectivity index (χ4n) is 1.98. The van der Waals surface area contributed by atoms with Gasteiger partial charge in [-0.05, 0) is 31.0 Å². The SMILES string of the molecule is Cc1ccc(SCCNC(=O)CCc2ccccc2)cc1. The molecule has 0 spiro atoms. The van der Waals surface area contributed by atoms with Gasteiger partial charge < -0.3 is 5.32 Å². The summed E-state index contributed by atoms with van der Waals surface area (Å²) in [4.78, 5) is 13.0. The summed E-state index contributed by atoms with van der Waals surface area (Å²) in [6.07, 6.45) is 1.36. The molecule has 0 aliphatic carbocycles. The van der Waals surface area contributed by atoms with Crippen molar-refractivity contribution in [3.05, 3.63) is 65.7 Å². The Morgan fingerprint density at radius 2 is 1.76 bits per heavy atom. The first kappa shape index (κ1) is 15.6. The molecule has 0 fully saturated rings. The number of rotatable bonds is 7. The van der Waals surface area contributed by atoms with Crippen molar-refractivity contribution in [2.75, 3.05) is 12.3 Å². The zero-order valence-corrected chi connectivity index (χ0v) is 13.2. The van der Waals surface area contributed by atoms with Crippen LogP contribution >= 0.6 is 11.8 Å². The summed E-state index contributed by atoms with van der Waals surface area (Å²) in [6.45, 7) is 2.80. The highest BCUT2D eigenvalue weighted by molar-refractivity contribution is 7.99. The minimum atomic E-state index is 0.128. The van der Waals surface area contributed by atoms with Crippen LogP contribution in [0.25, 0.3) is 0 Å². The molecular formula is C18H21NOS. The van der Waals surface area contributed by atoms with E-state index < -0.39 is 0 Å². The Balaban J connectivity index is 1.60. The molecule has 0 aromatic heterocycles. The zero-order chi connectivity index (χ0) is 14.9. The summed E-state index contributed by atoms with van der Waals surface area (Å²) in [5.41, 5.74) is 2.48. The van der Waals surface area contributed by atoms with E-state index in [2.05, 4.69) is 48.6 Å². The van der Waals surface area contributed by atoms with Gasteiger partial charge in [-0.25, -0.2) is 0 Å². The summed E-state index contributed by atoms with van der Waals surface area (Å²) < 4.78 is 0. The molecule has 2 aromatic rings. The van der Waals surface area contributed by atoms with Gasteiger partial charge in [0.05, 0.1) is 0 Å². The van der Waals surface area contributed by atoms with Crippen molar-refractivity contribution < 1.29 is 4.79 Å². The molecule has 0 unspecified atom stereocenters. The van der Waals surface area contributed by atoms with E-state index in [0.717, 1.165) is 12.2 Å². The normalized spacial score (nSPS) is 10.3. The van der Waals surface area contributed by atoms with E-state index in [1.807, 2.05) is 18.2 Å². The summed E-state index contributed by atoms with van der Waals surface area (Å²) in [5, 5.41) is 2.97. The highest BCUT2D eigenvalue weighted by atomic mass is 32.2. The first-order valence-electron chi connectivity index (χ1n) is 7.24. The number of carbonyl (C=O) groups excluding carboxylic acids is 1. The van der Waals surface area contributed by atoms with Gasteiger partial charge in [0.1, 0.15) is 0 Å². The van der Waals surface area contributed by atoms with Gasteiger partial charge in [-0.3, -0.25) is 4.79 Å². The van der Waals surface area contributed by atoms with Gasteiger partial charge >= 0.3 is 0 Å². The number of carbonyl (C=O) groups is 1. The number of nitrogens with one attached hydrogen (secondary N) is 1. The Hall–Kier alpha value is -1.74. The number of thioether (sulfide) groups is 1. The van der Waals surface area contributed by atoms with E-state index in [9.17, 15) is 4.79 Å². The summed E-state index contributed by atoms with van der Waals surface area (Å²) in [5.74, 6) is 1.03. The Morgan fingerprint density at radius 1 is 1.05 bits per heavy atom. The number of benzene rings is 2. The average molecular weight is 299 g/mol. The molecule has 1 amide bonds. The molecule has 0 bridgehead atoms. The third-order valence-corrected chi connectivity index (χ3v) is 4.21. The smallest absolute Gasteiger partial charge is 0.220 e. The van der Waals surface area contributed by atoms with Crippen LogP contribution in [-0.4, -0.2) is 18.2 Å². The van der Waals surface area contributed by atoms with Crippen LogP contribution in [0.2, 0.25) is 0 Å². The van der Waals surface area contributed by atoms with Crippen LogP contribution in [-0.2, 0) is 11.2 Å². The van der Waals surface area contributed by atoms with Crippen molar-refractivity contribution in [3.63, 3.8) is 0 Å². The van der Waals surface area contributed by atoms with Crippen LogP contribution < -0.4 is 5.32 Å². The minimum Gasteiger partial charge on any atom is -0.355 e. The highest BCUT2D eigenvalue weighted by Gasteiger charge is 2.01. The van der Waals surface area contributed by atoms with E-state index in [0.29, 0.717) is 13.0 Å². The second-order valence-corrected chi connectivity index (χ2v) is 6.17. The molecule has 3 heteroatoms. The summed E-state index contributed by atoms with van der Waals surface area (Å²) >= 11 is 1.77. The number of hydrogen-bond acceptors (Lipinski definition) is 2. The van der Waals surface area contributed by atoms with Gasteiger partial charge in [0.2, 0.25) is 5.91 Å². The fraction of sp³-hybridized carbons (Fsp3) is 0.278. The zero-order valence-electron chi connectivity index (χ0n) is 12.3. The molecule has 110 valence electrons. The maximum atomic E-state index is 11.8. The van der Waals surface area contributed by atoms with Gasteiger partial charge in [-0.1, -0.05) is 48.0 Å².